The quantitative estimate of drug-likeness (QED) is 0.725. The molecule has 0 N–H and O–H groups in total. The molecule has 0 heterocycles. The first kappa shape index (κ1) is 15.5. The summed E-state index contributed by atoms with van der Waals surface area (Å²) in [6, 6.07) is 5.40. The number of benzene rings is 1. The van der Waals surface area contributed by atoms with E-state index in [2.05, 4.69) is 0 Å². The molecular weight excluding hydrogens is 244 g/mol. The van der Waals surface area contributed by atoms with Crippen molar-refractivity contribution in [3.8, 4) is 11.5 Å². The maximum atomic E-state index is 12.0. The molecule has 0 fully saturated rings. The lowest BCUT2D eigenvalue weighted by atomic mass is 10.0. The van der Waals surface area contributed by atoms with Gasteiger partial charge in [-0.15, -0.1) is 0 Å². The van der Waals surface area contributed by atoms with Gasteiger partial charge in [-0.25, -0.2) is 0 Å². The minimum atomic E-state index is -0.564. The van der Waals surface area contributed by atoms with E-state index in [0.717, 1.165) is 12.0 Å². The molecule has 4 nitrogen and oxygen atoms in total. The minimum Gasteiger partial charge on any atom is -0.497 e. The van der Waals surface area contributed by atoms with Crippen LogP contribution < -0.4 is 9.47 Å². The van der Waals surface area contributed by atoms with Crippen LogP contribution in [-0.4, -0.2) is 26.6 Å². The Kier molecular flexibility index (Phi) is 6.36. The van der Waals surface area contributed by atoms with E-state index in [1.54, 1.807) is 20.3 Å². The summed E-state index contributed by atoms with van der Waals surface area (Å²) >= 11 is 0. The Morgan fingerprint density at radius 2 is 1.95 bits per heavy atom. The Balaban J connectivity index is 3.09. The van der Waals surface area contributed by atoms with E-state index in [-0.39, 0.29) is 5.78 Å². The number of ketones is 1. The molecule has 4 heteroatoms. The normalized spacial score (nSPS) is 12.0. The monoisotopic (exact) mass is 266 g/mol. The number of hydrogen-bond donors (Lipinski definition) is 0. The second-order valence-electron chi connectivity index (χ2n) is 4.18. The summed E-state index contributed by atoms with van der Waals surface area (Å²) in [7, 11) is 3.17. The average Bonchev–Trinajstić information content (AvgIpc) is 2.47. The van der Waals surface area contributed by atoms with E-state index in [1.807, 2.05) is 26.0 Å². The van der Waals surface area contributed by atoms with E-state index in [4.69, 9.17) is 14.2 Å². The molecule has 0 saturated heterocycles. The van der Waals surface area contributed by atoms with Gasteiger partial charge in [0.15, 0.2) is 5.78 Å². The maximum Gasteiger partial charge on any atom is 0.165 e. The summed E-state index contributed by atoms with van der Waals surface area (Å²) in [4.78, 5) is 12.0. The minimum absolute atomic E-state index is 0.0527. The number of ether oxygens (including phenoxy) is 3. The first-order valence-electron chi connectivity index (χ1n) is 6.54. The van der Waals surface area contributed by atoms with Crippen LogP contribution in [0.2, 0.25) is 0 Å². The topological polar surface area (TPSA) is 44.8 Å². The second kappa shape index (κ2) is 7.79. The second-order valence-corrected chi connectivity index (χ2v) is 4.18. The molecule has 106 valence electrons. The SMILES string of the molecule is CCCOC(C(=O)CC)c1ccc(OC)cc1OC. The van der Waals surface area contributed by atoms with Crippen LogP contribution in [0.1, 0.15) is 38.4 Å². The average molecular weight is 266 g/mol. The first-order valence-corrected chi connectivity index (χ1v) is 6.54. The van der Waals surface area contributed by atoms with E-state index in [0.29, 0.717) is 24.5 Å². The highest BCUT2D eigenvalue weighted by atomic mass is 16.5. The molecular formula is C15H22O4. The van der Waals surface area contributed by atoms with Crippen LogP contribution in [0.5, 0.6) is 11.5 Å². The largest absolute Gasteiger partial charge is 0.497 e. The van der Waals surface area contributed by atoms with E-state index < -0.39 is 6.10 Å². The van der Waals surface area contributed by atoms with Crippen molar-refractivity contribution < 1.29 is 19.0 Å². The van der Waals surface area contributed by atoms with Crippen molar-refractivity contribution >= 4 is 5.78 Å². The standard InChI is InChI=1S/C15H22O4/c1-5-9-19-15(13(16)6-2)12-8-7-11(17-3)10-14(12)18-4/h7-8,10,15H,5-6,9H2,1-4H3. The van der Waals surface area contributed by atoms with Gasteiger partial charge in [-0.1, -0.05) is 13.8 Å². The van der Waals surface area contributed by atoms with Crippen LogP contribution in [0.15, 0.2) is 18.2 Å². The summed E-state index contributed by atoms with van der Waals surface area (Å²) in [6.45, 7) is 4.39. The Hall–Kier alpha value is -1.55. The molecule has 0 saturated carbocycles. The molecule has 1 rings (SSSR count). The lowest BCUT2D eigenvalue weighted by molar-refractivity contribution is -0.130. The first-order chi connectivity index (χ1) is 9.17. The van der Waals surface area contributed by atoms with Crippen molar-refractivity contribution in [1.82, 2.24) is 0 Å². The zero-order valence-corrected chi connectivity index (χ0v) is 12.1. The Morgan fingerprint density at radius 3 is 2.47 bits per heavy atom. The number of carbonyl (C=O) groups excluding carboxylic acids is 1. The molecule has 1 unspecified atom stereocenters. The van der Waals surface area contributed by atoms with Gasteiger partial charge < -0.3 is 14.2 Å². The third-order valence-corrected chi connectivity index (χ3v) is 2.85. The molecule has 0 spiro atoms. The Labute approximate surface area is 114 Å². The summed E-state index contributed by atoms with van der Waals surface area (Å²) in [5, 5.41) is 0. The molecule has 0 amide bonds. The molecule has 19 heavy (non-hydrogen) atoms. The van der Waals surface area contributed by atoms with Crippen molar-refractivity contribution in [2.75, 3.05) is 20.8 Å². The zero-order chi connectivity index (χ0) is 14.3. The Bertz CT molecular complexity index is 415. The summed E-state index contributed by atoms with van der Waals surface area (Å²) in [5.74, 6) is 1.36. The van der Waals surface area contributed by atoms with Crippen LogP contribution in [0, 0.1) is 0 Å². The van der Waals surface area contributed by atoms with Gasteiger partial charge >= 0.3 is 0 Å². The van der Waals surface area contributed by atoms with E-state index in [1.165, 1.54) is 0 Å². The van der Waals surface area contributed by atoms with Crippen molar-refractivity contribution in [3.05, 3.63) is 23.8 Å². The lowest BCUT2D eigenvalue weighted by Crippen LogP contribution is -2.16. The van der Waals surface area contributed by atoms with Crippen molar-refractivity contribution in [3.63, 3.8) is 0 Å². The number of Topliss-reactive ketones (excluding diaryl/α,β-unsaturated/α-hetero) is 1. The summed E-state index contributed by atoms with van der Waals surface area (Å²) in [6.07, 6.45) is 0.737. The molecule has 1 aromatic carbocycles. The lowest BCUT2D eigenvalue weighted by Gasteiger charge is -2.19. The predicted octanol–water partition coefficient (Wildman–Crippen LogP) is 3.15. The van der Waals surface area contributed by atoms with Crippen molar-refractivity contribution in [2.45, 2.75) is 32.8 Å². The van der Waals surface area contributed by atoms with Crippen LogP contribution >= 0.6 is 0 Å². The number of rotatable bonds is 8. The number of carbonyl (C=O) groups is 1. The summed E-state index contributed by atoms with van der Waals surface area (Å²) < 4.78 is 16.2. The maximum absolute atomic E-state index is 12.0. The van der Waals surface area contributed by atoms with Gasteiger partial charge in [0.1, 0.15) is 17.6 Å². The fourth-order valence-corrected chi connectivity index (χ4v) is 1.81. The highest BCUT2D eigenvalue weighted by Gasteiger charge is 2.23. The molecule has 1 atom stereocenters. The smallest absolute Gasteiger partial charge is 0.165 e. The molecule has 0 aliphatic carbocycles. The van der Waals surface area contributed by atoms with Gasteiger partial charge in [0.2, 0.25) is 0 Å². The summed E-state index contributed by atoms with van der Waals surface area (Å²) in [5.41, 5.74) is 0.753. The highest BCUT2D eigenvalue weighted by Crippen LogP contribution is 2.32. The fraction of sp³-hybridized carbons (Fsp3) is 0.533. The van der Waals surface area contributed by atoms with Gasteiger partial charge in [-0.2, -0.15) is 0 Å². The van der Waals surface area contributed by atoms with Gasteiger partial charge in [0.05, 0.1) is 14.2 Å². The molecule has 0 aliphatic rings. The molecule has 0 bridgehead atoms. The van der Waals surface area contributed by atoms with E-state index >= 15 is 0 Å². The van der Waals surface area contributed by atoms with Gasteiger partial charge in [0.25, 0.3) is 0 Å². The van der Waals surface area contributed by atoms with Crippen molar-refractivity contribution in [2.24, 2.45) is 0 Å². The van der Waals surface area contributed by atoms with Crippen LogP contribution in [0.3, 0.4) is 0 Å². The molecule has 0 aromatic heterocycles. The fourth-order valence-electron chi connectivity index (χ4n) is 1.81. The van der Waals surface area contributed by atoms with Gasteiger partial charge in [-0.05, 0) is 18.6 Å². The van der Waals surface area contributed by atoms with Gasteiger partial charge in [-0.3, -0.25) is 4.79 Å². The third kappa shape index (κ3) is 3.96. The number of hydrogen-bond acceptors (Lipinski definition) is 4. The highest BCUT2D eigenvalue weighted by molar-refractivity contribution is 5.85. The molecule has 0 aliphatic heterocycles. The predicted molar refractivity (Wildman–Crippen MR) is 73.8 cm³/mol. The van der Waals surface area contributed by atoms with Crippen LogP contribution in [0.25, 0.3) is 0 Å². The number of methoxy groups -OCH3 is 2. The zero-order valence-electron chi connectivity index (χ0n) is 12.1. The molecule has 0 radical (unpaired) electrons. The molecule has 1 aromatic rings. The van der Waals surface area contributed by atoms with Crippen molar-refractivity contribution in [1.29, 1.82) is 0 Å². The van der Waals surface area contributed by atoms with Crippen LogP contribution in [0.4, 0.5) is 0 Å². The third-order valence-electron chi connectivity index (χ3n) is 2.85. The van der Waals surface area contributed by atoms with E-state index in [9.17, 15) is 4.79 Å². The van der Waals surface area contributed by atoms with Crippen LogP contribution in [-0.2, 0) is 9.53 Å². The van der Waals surface area contributed by atoms with Gasteiger partial charge in [0, 0.05) is 24.7 Å². The Morgan fingerprint density at radius 1 is 1.21 bits per heavy atom.